The molecule has 22 heavy (non-hydrogen) atoms. The maximum Gasteiger partial charge on any atom is 0.165 e. The van der Waals surface area contributed by atoms with E-state index in [4.69, 9.17) is 14.2 Å². The van der Waals surface area contributed by atoms with E-state index >= 15 is 0 Å². The first-order valence-electron chi connectivity index (χ1n) is 7.03. The van der Waals surface area contributed by atoms with Crippen LogP contribution in [0.1, 0.15) is 5.56 Å². The summed E-state index contributed by atoms with van der Waals surface area (Å²) in [5.74, 6) is 1.49. The van der Waals surface area contributed by atoms with Gasteiger partial charge in [0.15, 0.2) is 11.6 Å². The predicted octanol–water partition coefficient (Wildman–Crippen LogP) is 3.01. The van der Waals surface area contributed by atoms with Crippen LogP contribution < -0.4 is 19.5 Å². The molecule has 4 nitrogen and oxygen atoms in total. The summed E-state index contributed by atoms with van der Waals surface area (Å²) in [6.07, 6.45) is 0. The van der Waals surface area contributed by atoms with Crippen LogP contribution >= 0.6 is 0 Å². The van der Waals surface area contributed by atoms with E-state index in [1.54, 1.807) is 13.2 Å². The van der Waals surface area contributed by atoms with Crippen molar-refractivity contribution in [3.8, 4) is 17.2 Å². The maximum atomic E-state index is 13.5. The monoisotopic (exact) mass is 305 g/mol. The molecule has 0 bridgehead atoms. The second kappa shape index (κ2) is 8.24. The Morgan fingerprint density at radius 1 is 0.955 bits per heavy atom. The number of hydrogen-bond acceptors (Lipinski definition) is 4. The topological polar surface area (TPSA) is 39.7 Å². The molecule has 2 aromatic carbocycles. The van der Waals surface area contributed by atoms with Crippen LogP contribution in [0.3, 0.4) is 0 Å². The lowest BCUT2D eigenvalue weighted by Crippen LogP contribution is -2.20. The molecule has 1 N–H and O–H groups in total. The van der Waals surface area contributed by atoms with Crippen LogP contribution in [0.4, 0.5) is 4.39 Å². The minimum absolute atomic E-state index is 0.256. The van der Waals surface area contributed by atoms with Gasteiger partial charge in [0.05, 0.1) is 14.2 Å². The van der Waals surface area contributed by atoms with Crippen molar-refractivity contribution in [2.24, 2.45) is 0 Å². The number of rotatable bonds is 8. The number of nitrogens with one attached hydrogen (secondary N) is 1. The van der Waals surface area contributed by atoms with Crippen molar-refractivity contribution < 1.29 is 18.6 Å². The summed E-state index contributed by atoms with van der Waals surface area (Å²) in [5.41, 5.74) is 0.864. The molecular formula is C17H20FNO3. The van der Waals surface area contributed by atoms with Crippen molar-refractivity contribution in [1.82, 2.24) is 5.32 Å². The molecule has 0 heterocycles. The molecule has 0 unspecified atom stereocenters. The van der Waals surface area contributed by atoms with Crippen LogP contribution in [0.2, 0.25) is 0 Å². The van der Waals surface area contributed by atoms with Gasteiger partial charge in [-0.25, -0.2) is 4.39 Å². The van der Waals surface area contributed by atoms with Crippen molar-refractivity contribution in [3.63, 3.8) is 0 Å². The zero-order valence-electron chi connectivity index (χ0n) is 12.8. The Morgan fingerprint density at radius 2 is 1.68 bits per heavy atom. The van der Waals surface area contributed by atoms with Crippen molar-refractivity contribution in [1.29, 1.82) is 0 Å². The molecule has 0 saturated carbocycles. The van der Waals surface area contributed by atoms with Gasteiger partial charge in [-0.1, -0.05) is 6.07 Å². The molecule has 0 fully saturated rings. The highest BCUT2D eigenvalue weighted by Gasteiger charge is 2.03. The van der Waals surface area contributed by atoms with E-state index in [0.717, 1.165) is 17.1 Å². The minimum atomic E-state index is -0.351. The molecule has 0 aromatic heterocycles. The Morgan fingerprint density at radius 3 is 2.32 bits per heavy atom. The molecule has 0 saturated heterocycles. The molecular weight excluding hydrogens is 285 g/mol. The van der Waals surface area contributed by atoms with Crippen molar-refractivity contribution in [2.45, 2.75) is 6.54 Å². The number of methoxy groups -OCH3 is 2. The lowest BCUT2D eigenvalue weighted by molar-refractivity contribution is 0.313. The van der Waals surface area contributed by atoms with Crippen LogP contribution in [0, 0.1) is 5.82 Å². The Hall–Kier alpha value is -2.27. The standard InChI is InChI=1S/C17H20FNO3/c1-20-14-4-6-15(7-5-14)22-10-9-19-12-13-3-8-17(21-2)16(18)11-13/h3-8,11,19H,9-10,12H2,1-2H3. The van der Waals surface area contributed by atoms with Gasteiger partial charge in [-0.2, -0.15) is 0 Å². The Balaban J connectivity index is 1.69. The van der Waals surface area contributed by atoms with Crippen LogP contribution in [0.25, 0.3) is 0 Å². The molecule has 0 aliphatic rings. The van der Waals surface area contributed by atoms with Gasteiger partial charge in [0.25, 0.3) is 0 Å². The minimum Gasteiger partial charge on any atom is -0.497 e. The quantitative estimate of drug-likeness (QED) is 0.761. The molecule has 0 aliphatic heterocycles. The number of benzene rings is 2. The van der Waals surface area contributed by atoms with Gasteiger partial charge in [0, 0.05) is 13.1 Å². The zero-order chi connectivity index (χ0) is 15.8. The smallest absolute Gasteiger partial charge is 0.165 e. The largest absolute Gasteiger partial charge is 0.497 e. The lowest BCUT2D eigenvalue weighted by Gasteiger charge is -2.09. The van der Waals surface area contributed by atoms with Crippen LogP contribution in [0.5, 0.6) is 17.2 Å². The molecule has 2 rings (SSSR count). The second-order valence-electron chi connectivity index (χ2n) is 4.67. The lowest BCUT2D eigenvalue weighted by atomic mass is 10.2. The van der Waals surface area contributed by atoms with Gasteiger partial charge in [-0.15, -0.1) is 0 Å². The molecule has 2 aromatic rings. The van der Waals surface area contributed by atoms with Gasteiger partial charge in [0.1, 0.15) is 18.1 Å². The highest BCUT2D eigenvalue weighted by Crippen LogP contribution is 2.18. The molecule has 118 valence electrons. The summed E-state index contributed by atoms with van der Waals surface area (Å²) >= 11 is 0. The fourth-order valence-corrected chi connectivity index (χ4v) is 1.97. The van der Waals surface area contributed by atoms with Gasteiger partial charge in [0.2, 0.25) is 0 Å². The Labute approximate surface area is 129 Å². The Bertz CT molecular complexity index is 587. The number of ether oxygens (including phenoxy) is 3. The van der Waals surface area contributed by atoms with E-state index < -0.39 is 0 Å². The highest BCUT2D eigenvalue weighted by atomic mass is 19.1. The SMILES string of the molecule is COc1ccc(OCCNCc2ccc(OC)c(F)c2)cc1. The Kier molecular flexibility index (Phi) is 6.03. The average Bonchev–Trinajstić information content (AvgIpc) is 2.55. The van der Waals surface area contributed by atoms with Crippen molar-refractivity contribution in [2.75, 3.05) is 27.4 Å². The average molecular weight is 305 g/mol. The molecule has 0 aliphatic carbocycles. The number of hydrogen-bond donors (Lipinski definition) is 1. The molecule has 5 heteroatoms. The molecule has 0 atom stereocenters. The van der Waals surface area contributed by atoms with Crippen LogP contribution in [0.15, 0.2) is 42.5 Å². The van der Waals surface area contributed by atoms with Crippen LogP contribution in [-0.4, -0.2) is 27.4 Å². The maximum absolute atomic E-state index is 13.5. The van der Waals surface area contributed by atoms with Crippen LogP contribution in [-0.2, 0) is 6.54 Å². The number of halogens is 1. The summed E-state index contributed by atoms with van der Waals surface area (Å²) in [4.78, 5) is 0. The zero-order valence-corrected chi connectivity index (χ0v) is 12.8. The predicted molar refractivity (Wildman–Crippen MR) is 83.1 cm³/mol. The van der Waals surface area contributed by atoms with Gasteiger partial charge < -0.3 is 19.5 Å². The fourth-order valence-electron chi connectivity index (χ4n) is 1.97. The summed E-state index contributed by atoms with van der Waals surface area (Å²) in [5, 5.41) is 3.20. The van der Waals surface area contributed by atoms with Gasteiger partial charge >= 0.3 is 0 Å². The van der Waals surface area contributed by atoms with E-state index in [9.17, 15) is 4.39 Å². The van der Waals surface area contributed by atoms with Gasteiger partial charge in [-0.05, 0) is 42.0 Å². The third-order valence-electron chi connectivity index (χ3n) is 3.15. The summed E-state index contributed by atoms with van der Waals surface area (Å²) in [7, 11) is 3.08. The van der Waals surface area contributed by atoms with Crippen molar-refractivity contribution in [3.05, 3.63) is 53.8 Å². The summed E-state index contributed by atoms with van der Waals surface area (Å²) in [6.45, 7) is 1.78. The van der Waals surface area contributed by atoms with E-state index in [1.807, 2.05) is 30.3 Å². The first kappa shape index (κ1) is 16.1. The molecule has 0 amide bonds. The molecule has 0 spiro atoms. The van der Waals surface area contributed by atoms with Crippen molar-refractivity contribution >= 4 is 0 Å². The van der Waals surface area contributed by atoms with E-state index in [2.05, 4.69) is 5.32 Å². The van der Waals surface area contributed by atoms with Gasteiger partial charge in [-0.3, -0.25) is 0 Å². The first-order valence-corrected chi connectivity index (χ1v) is 7.03. The second-order valence-corrected chi connectivity index (χ2v) is 4.67. The third-order valence-corrected chi connectivity index (χ3v) is 3.15. The first-order chi connectivity index (χ1) is 10.7. The summed E-state index contributed by atoms with van der Waals surface area (Å²) < 4.78 is 29.1. The van der Waals surface area contributed by atoms with E-state index in [-0.39, 0.29) is 11.6 Å². The fraction of sp³-hybridized carbons (Fsp3) is 0.294. The third kappa shape index (κ3) is 4.63. The van der Waals surface area contributed by atoms with E-state index in [0.29, 0.717) is 19.7 Å². The highest BCUT2D eigenvalue weighted by molar-refractivity contribution is 5.31. The molecule has 0 radical (unpaired) electrons. The van der Waals surface area contributed by atoms with E-state index in [1.165, 1.54) is 13.2 Å². The summed E-state index contributed by atoms with van der Waals surface area (Å²) in [6, 6.07) is 12.3. The normalized spacial score (nSPS) is 10.3.